The van der Waals surface area contributed by atoms with E-state index in [1.165, 1.54) is 6.07 Å². The highest BCUT2D eigenvalue weighted by molar-refractivity contribution is 5.96. The summed E-state index contributed by atoms with van der Waals surface area (Å²) >= 11 is 0. The van der Waals surface area contributed by atoms with Gasteiger partial charge >= 0.3 is 0 Å². The highest BCUT2D eigenvalue weighted by atomic mass is 19.1. The van der Waals surface area contributed by atoms with Gasteiger partial charge in [0, 0.05) is 34.3 Å². The summed E-state index contributed by atoms with van der Waals surface area (Å²) in [5.41, 5.74) is 8.35. The Morgan fingerprint density at radius 3 is 2.75 bits per heavy atom. The van der Waals surface area contributed by atoms with Crippen LogP contribution in [0, 0.1) is 12.7 Å². The summed E-state index contributed by atoms with van der Waals surface area (Å²) in [6.45, 7) is 14.5. The summed E-state index contributed by atoms with van der Waals surface area (Å²) in [5, 5.41) is 13.8. The summed E-state index contributed by atoms with van der Waals surface area (Å²) in [6.07, 6.45) is 12.4. The molecule has 0 aliphatic carbocycles. The largest absolute Gasteiger partial charge is 0.358 e. The van der Waals surface area contributed by atoms with E-state index in [4.69, 9.17) is 0 Å². The predicted molar refractivity (Wildman–Crippen MR) is 163 cm³/mol. The number of aromatic amines is 2. The fourth-order valence-corrected chi connectivity index (χ4v) is 4.83. The topological polar surface area (TPSA) is 82.3 Å². The molecule has 6 nitrogen and oxygen atoms in total. The van der Waals surface area contributed by atoms with Gasteiger partial charge in [0.15, 0.2) is 0 Å². The van der Waals surface area contributed by atoms with Gasteiger partial charge in [0.25, 0.3) is 0 Å². The molecule has 0 radical (unpaired) electrons. The van der Waals surface area contributed by atoms with Crippen molar-refractivity contribution in [3.8, 4) is 22.5 Å². The van der Waals surface area contributed by atoms with Crippen LogP contribution in [0.2, 0.25) is 0 Å². The van der Waals surface area contributed by atoms with Crippen LogP contribution in [0.15, 0.2) is 73.8 Å². The van der Waals surface area contributed by atoms with Crippen LogP contribution >= 0.6 is 0 Å². The summed E-state index contributed by atoms with van der Waals surface area (Å²) < 4.78 is 14.2. The normalized spacial score (nSPS) is 12.3. The summed E-state index contributed by atoms with van der Waals surface area (Å²) in [6, 6.07) is 11.0. The second-order valence-electron chi connectivity index (χ2n) is 9.97. The molecular weight excluding hydrogens is 499 g/mol. The Morgan fingerprint density at radius 1 is 1.12 bits per heavy atom. The smallest absolute Gasteiger partial charge is 0.138 e. The minimum atomic E-state index is -0.263. The minimum Gasteiger partial charge on any atom is -0.358 e. The van der Waals surface area contributed by atoms with Crippen LogP contribution in [0.3, 0.4) is 0 Å². The van der Waals surface area contributed by atoms with E-state index in [1.54, 1.807) is 24.7 Å². The maximum Gasteiger partial charge on any atom is 0.138 e. The number of H-pyrrole nitrogens is 2. The summed E-state index contributed by atoms with van der Waals surface area (Å²) in [7, 11) is 0. The molecule has 4 heterocycles. The Kier molecular flexibility index (Phi) is 7.73. The Labute approximate surface area is 233 Å². The van der Waals surface area contributed by atoms with Crippen LogP contribution in [0.25, 0.3) is 51.3 Å². The van der Waals surface area contributed by atoms with Crippen molar-refractivity contribution in [3.05, 3.63) is 101 Å². The lowest BCUT2D eigenvalue weighted by atomic mass is 10.0. The lowest BCUT2D eigenvalue weighted by Crippen LogP contribution is -2.23. The molecule has 0 aliphatic rings. The number of allylic oxidation sites excluding steroid dienone is 2. The zero-order chi connectivity index (χ0) is 28.2. The maximum absolute atomic E-state index is 14.2. The first kappa shape index (κ1) is 26.8. The monoisotopic (exact) mass is 532 g/mol. The van der Waals surface area contributed by atoms with Gasteiger partial charge in [-0.05, 0) is 85.4 Å². The first-order valence-electron chi connectivity index (χ1n) is 13.4. The Hall–Kier alpha value is -4.78. The molecule has 0 saturated heterocycles. The molecule has 5 rings (SSSR count). The molecule has 0 aliphatic heterocycles. The number of aryl methyl sites for hydroxylation is 1. The number of nitrogens with one attached hydrogen (secondary N) is 3. The second kappa shape index (κ2) is 11.5. The number of hydrogen-bond acceptors (Lipinski definition) is 4. The average Bonchev–Trinajstić information content (AvgIpc) is 3.55. The van der Waals surface area contributed by atoms with Crippen molar-refractivity contribution in [2.75, 3.05) is 5.32 Å². The third-order valence-corrected chi connectivity index (χ3v) is 6.84. The molecule has 0 unspecified atom stereocenters. The van der Waals surface area contributed by atoms with Crippen molar-refractivity contribution in [1.29, 1.82) is 0 Å². The van der Waals surface area contributed by atoms with E-state index < -0.39 is 0 Å². The van der Waals surface area contributed by atoms with E-state index in [0.29, 0.717) is 5.65 Å². The fraction of sp³-hybridized carbons (Fsp3) is 0.182. The van der Waals surface area contributed by atoms with E-state index in [1.807, 2.05) is 50.3 Å². The molecule has 4 aromatic heterocycles. The van der Waals surface area contributed by atoms with Crippen LogP contribution in [-0.2, 0) is 0 Å². The van der Waals surface area contributed by atoms with E-state index in [2.05, 4.69) is 50.5 Å². The summed E-state index contributed by atoms with van der Waals surface area (Å²) in [4.78, 5) is 12.4. The minimum absolute atomic E-state index is 0.263. The number of benzene rings is 1. The molecule has 0 atom stereocenters. The molecule has 1 aromatic carbocycles. The summed E-state index contributed by atoms with van der Waals surface area (Å²) in [5.74, 6) is -0.263. The number of nitrogens with zero attached hydrogens (tertiary/aromatic N) is 3. The van der Waals surface area contributed by atoms with Gasteiger partial charge in [-0.3, -0.25) is 10.1 Å². The SMILES string of the molecule is C=C(CCCC)Nc1cncc(C(=C)/C=c2/c(-c3cc4c(-c5cc(C)cc(F)c5)ccnc4[nH]3)n[nH]/c2=C/C)c1. The predicted octanol–water partition coefficient (Wildman–Crippen LogP) is 6.87. The first-order valence-corrected chi connectivity index (χ1v) is 13.4. The van der Waals surface area contributed by atoms with E-state index in [-0.39, 0.29) is 5.82 Å². The Balaban J connectivity index is 1.54. The van der Waals surface area contributed by atoms with Crippen molar-refractivity contribution in [2.45, 2.75) is 40.0 Å². The van der Waals surface area contributed by atoms with Gasteiger partial charge in [0.05, 0.1) is 22.9 Å². The second-order valence-corrected chi connectivity index (χ2v) is 9.97. The fourth-order valence-electron chi connectivity index (χ4n) is 4.83. The molecule has 0 saturated carbocycles. The van der Waals surface area contributed by atoms with Gasteiger partial charge in [-0.1, -0.05) is 38.6 Å². The lowest BCUT2D eigenvalue weighted by Gasteiger charge is -2.10. The molecule has 0 bridgehead atoms. The zero-order valence-corrected chi connectivity index (χ0v) is 23.1. The molecule has 0 fully saturated rings. The number of hydrogen-bond donors (Lipinski definition) is 3. The van der Waals surface area contributed by atoms with Gasteiger partial charge in [-0.15, -0.1) is 0 Å². The van der Waals surface area contributed by atoms with Gasteiger partial charge in [-0.2, -0.15) is 5.10 Å². The van der Waals surface area contributed by atoms with Crippen LogP contribution < -0.4 is 15.9 Å². The van der Waals surface area contributed by atoms with Crippen molar-refractivity contribution >= 4 is 34.4 Å². The highest BCUT2D eigenvalue weighted by Crippen LogP contribution is 2.31. The quantitative estimate of drug-likeness (QED) is 0.193. The molecule has 40 heavy (non-hydrogen) atoms. The van der Waals surface area contributed by atoms with E-state index >= 15 is 0 Å². The third kappa shape index (κ3) is 5.64. The zero-order valence-electron chi connectivity index (χ0n) is 23.1. The van der Waals surface area contributed by atoms with Crippen LogP contribution in [0.4, 0.5) is 10.1 Å². The maximum atomic E-state index is 14.2. The standard InChI is InChI=1S/C33H33FN6/c1-6-8-9-22(5)37-26-16-24(18-35-19-26)21(4)14-29-30(7-2)39-40-32(29)31-17-28-27(10-11-36-33(28)38-31)23-12-20(3)13-25(34)15-23/h7,10-19,37,39H,4-6,8-9H2,1-3H3,(H,36,38)/b29-14+,30-7+. The lowest BCUT2D eigenvalue weighted by molar-refractivity contribution is 0.627. The molecular formula is C33H33FN6. The molecule has 0 amide bonds. The number of unbranched alkanes of at least 4 members (excludes halogenated alkanes) is 1. The molecule has 7 heteroatoms. The van der Waals surface area contributed by atoms with Crippen LogP contribution in [0.5, 0.6) is 0 Å². The van der Waals surface area contributed by atoms with Crippen LogP contribution in [-0.4, -0.2) is 25.1 Å². The van der Waals surface area contributed by atoms with E-state index in [0.717, 1.165) is 85.8 Å². The number of anilines is 1. The Bertz CT molecular complexity index is 1820. The van der Waals surface area contributed by atoms with Crippen LogP contribution in [0.1, 0.15) is 44.2 Å². The molecule has 5 aromatic rings. The number of halogens is 1. The van der Waals surface area contributed by atoms with Gasteiger partial charge in [-0.25, -0.2) is 9.37 Å². The molecule has 3 N–H and O–H groups in total. The highest BCUT2D eigenvalue weighted by Gasteiger charge is 2.14. The number of fused-ring (bicyclic) bond motifs is 1. The third-order valence-electron chi connectivity index (χ3n) is 6.84. The molecule has 0 spiro atoms. The number of pyridine rings is 2. The van der Waals surface area contributed by atoms with Gasteiger partial charge in [0.2, 0.25) is 0 Å². The van der Waals surface area contributed by atoms with Gasteiger partial charge < -0.3 is 10.3 Å². The van der Waals surface area contributed by atoms with Crippen molar-refractivity contribution in [1.82, 2.24) is 25.1 Å². The molecule has 202 valence electrons. The van der Waals surface area contributed by atoms with E-state index in [9.17, 15) is 4.39 Å². The first-order chi connectivity index (χ1) is 19.4. The van der Waals surface area contributed by atoms with Crippen molar-refractivity contribution in [2.24, 2.45) is 0 Å². The van der Waals surface area contributed by atoms with Crippen molar-refractivity contribution < 1.29 is 4.39 Å². The van der Waals surface area contributed by atoms with Crippen molar-refractivity contribution in [3.63, 3.8) is 0 Å². The number of rotatable bonds is 9. The average molecular weight is 533 g/mol. The Morgan fingerprint density at radius 2 is 1.98 bits per heavy atom. The number of aromatic nitrogens is 5. The van der Waals surface area contributed by atoms with Gasteiger partial charge in [0.1, 0.15) is 17.2 Å².